The van der Waals surface area contributed by atoms with Crippen LogP contribution in [0.1, 0.15) is 18.5 Å². The van der Waals surface area contributed by atoms with E-state index in [4.69, 9.17) is 0 Å². The van der Waals surface area contributed by atoms with E-state index in [2.05, 4.69) is 20.8 Å². The highest BCUT2D eigenvalue weighted by Gasteiger charge is 2.11. The van der Waals surface area contributed by atoms with Crippen molar-refractivity contribution in [2.24, 2.45) is 7.05 Å². The fourth-order valence-corrected chi connectivity index (χ4v) is 2.25. The first-order chi connectivity index (χ1) is 9.56. The van der Waals surface area contributed by atoms with Crippen molar-refractivity contribution in [3.63, 3.8) is 0 Å². The number of thioether (sulfide) groups is 1. The number of hydrogen-bond donors (Lipinski definition) is 1. The molecule has 0 aliphatic carbocycles. The molecule has 0 saturated carbocycles. The van der Waals surface area contributed by atoms with E-state index < -0.39 is 0 Å². The molecular weight excluding hydrogens is 281 g/mol. The van der Waals surface area contributed by atoms with Gasteiger partial charge in [0.25, 0.3) is 0 Å². The van der Waals surface area contributed by atoms with E-state index in [0.29, 0.717) is 5.16 Å². The summed E-state index contributed by atoms with van der Waals surface area (Å²) >= 11 is 1.26. The molecule has 2 rings (SSSR count). The number of aromatic nitrogens is 4. The van der Waals surface area contributed by atoms with Crippen molar-refractivity contribution in [1.82, 2.24) is 25.5 Å². The van der Waals surface area contributed by atoms with Crippen molar-refractivity contribution < 1.29 is 9.18 Å². The van der Waals surface area contributed by atoms with E-state index in [-0.39, 0.29) is 23.5 Å². The molecular formula is C12H14FN5OS. The normalized spacial score (nSPS) is 12.2. The molecule has 1 atom stereocenters. The second kappa shape index (κ2) is 6.47. The molecule has 2 aromatic rings. The maximum Gasteiger partial charge on any atom is 0.230 e. The van der Waals surface area contributed by atoms with Crippen molar-refractivity contribution >= 4 is 17.7 Å². The highest BCUT2D eigenvalue weighted by molar-refractivity contribution is 7.99. The van der Waals surface area contributed by atoms with Gasteiger partial charge in [-0.15, -0.1) is 5.10 Å². The van der Waals surface area contributed by atoms with Crippen LogP contribution in [0.2, 0.25) is 0 Å². The standard InChI is InChI=1S/C12H14FN5OS/c1-8(9-3-5-10(13)6-4-9)14-11(19)7-20-12-15-16-17-18(12)2/h3-6,8H,7H2,1-2H3,(H,14,19). The summed E-state index contributed by atoms with van der Waals surface area (Å²) in [6, 6.07) is 5.87. The summed E-state index contributed by atoms with van der Waals surface area (Å²) in [5.74, 6) is -0.202. The Balaban J connectivity index is 1.85. The first-order valence-electron chi connectivity index (χ1n) is 5.96. The van der Waals surface area contributed by atoms with Crippen molar-refractivity contribution in [3.05, 3.63) is 35.6 Å². The van der Waals surface area contributed by atoms with Crippen LogP contribution in [-0.2, 0) is 11.8 Å². The van der Waals surface area contributed by atoms with Gasteiger partial charge in [0.15, 0.2) is 0 Å². The fraction of sp³-hybridized carbons (Fsp3) is 0.333. The van der Waals surface area contributed by atoms with Crippen molar-refractivity contribution in [2.75, 3.05) is 5.75 Å². The number of amides is 1. The Kier molecular flexibility index (Phi) is 4.67. The van der Waals surface area contributed by atoms with Crippen LogP contribution in [0.5, 0.6) is 0 Å². The number of rotatable bonds is 5. The lowest BCUT2D eigenvalue weighted by atomic mass is 10.1. The van der Waals surface area contributed by atoms with Crippen LogP contribution in [-0.4, -0.2) is 31.9 Å². The molecule has 0 saturated heterocycles. The molecule has 0 spiro atoms. The predicted molar refractivity (Wildman–Crippen MR) is 72.5 cm³/mol. The summed E-state index contributed by atoms with van der Waals surface area (Å²) in [4.78, 5) is 11.8. The summed E-state index contributed by atoms with van der Waals surface area (Å²) in [5, 5.41) is 14.4. The molecule has 0 bridgehead atoms. The molecule has 1 aromatic carbocycles. The van der Waals surface area contributed by atoms with Crippen LogP contribution in [0.15, 0.2) is 29.4 Å². The lowest BCUT2D eigenvalue weighted by Gasteiger charge is -2.13. The number of halogens is 1. The van der Waals surface area contributed by atoms with Crippen LogP contribution >= 0.6 is 11.8 Å². The van der Waals surface area contributed by atoms with Gasteiger partial charge in [-0.1, -0.05) is 23.9 Å². The van der Waals surface area contributed by atoms with Gasteiger partial charge in [-0.3, -0.25) is 4.79 Å². The van der Waals surface area contributed by atoms with Crippen LogP contribution in [0, 0.1) is 5.82 Å². The maximum atomic E-state index is 12.8. The first-order valence-corrected chi connectivity index (χ1v) is 6.95. The number of nitrogens with zero attached hydrogens (tertiary/aromatic N) is 4. The van der Waals surface area contributed by atoms with Crippen molar-refractivity contribution in [3.8, 4) is 0 Å². The number of nitrogens with one attached hydrogen (secondary N) is 1. The zero-order chi connectivity index (χ0) is 14.5. The van der Waals surface area contributed by atoms with E-state index in [1.807, 2.05) is 6.92 Å². The van der Waals surface area contributed by atoms with Gasteiger partial charge in [0, 0.05) is 7.05 Å². The lowest BCUT2D eigenvalue weighted by Crippen LogP contribution is -2.28. The molecule has 6 nitrogen and oxygen atoms in total. The van der Waals surface area contributed by atoms with Gasteiger partial charge in [-0.05, 0) is 35.0 Å². The average molecular weight is 295 g/mol. The molecule has 106 valence electrons. The zero-order valence-electron chi connectivity index (χ0n) is 11.1. The van der Waals surface area contributed by atoms with E-state index >= 15 is 0 Å². The highest BCUT2D eigenvalue weighted by atomic mass is 32.2. The molecule has 1 unspecified atom stereocenters. The van der Waals surface area contributed by atoms with Crippen molar-refractivity contribution in [2.45, 2.75) is 18.1 Å². The largest absolute Gasteiger partial charge is 0.349 e. The monoisotopic (exact) mass is 295 g/mol. The molecule has 0 aliphatic rings. The third kappa shape index (κ3) is 3.77. The molecule has 20 heavy (non-hydrogen) atoms. The molecule has 8 heteroatoms. The average Bonchev–Trinajstić information content (AvgIpc) is 2.82. The number of benzene rings is 1. The van der Waals surface area contributed by atoms with Gasteiger partial charge in [0.2, 0.25) is 11.1 Å². The number of carbonyl (C=O) groups is 1. The van der Waals surface area contributed by atoms with E-state index in [1.54, 1.807) is 19.2 Å². The summed E-state index contributed by atoms with van der Waals surface area (Å²) in [5.41, 5.74) is 0.852. The number of tetrazole rings is 1. The molecule has 0 fully saturated rings. The van der Waals surface area contributed by atoms with Gasteiger partial charge in [0.05, 0.1) is 11.8 Å². The smallest absolute Gasteiger partial charge is 0.230 e. The Morgan fingerprint density at radius 2 is 2.15 bits per heavy atom. The van der Waals surface area contributed by atoms with Gasteiger partial charge in [-0.2, -0.15) is 0 Å². The molecule has 1 amide bonds. The van der Waals surface area contributed by atoms with Crippen LogP contribution in [0.25, 0.3) is 0 Å². The minimum absolute atomic E-state index is 0.130. The highest BCUT2D eigenvalue weighted by Crippen LogP contribution is 2.15. The lowest BCUT2D eigenvalue weighted by molar-refractivity contribution is -0.119. The van der Waals surface area contributed by atoms with Crippen LogP contribution in [0.4, 0.5) is 4.39 Å². The van der Waals surface area contributed by atoms with Gasteiger partial charge >= 0.3 is 0 Å². The zero-order valence-corrected chi connectivity index (χ0v) is 11.9. The summed E-state index contributed by atoms with van der Waals surface area (Å²) in [6.45, 7) is 1.85. The Bertz CT molecular complexity index is 586. The molecule has 1 heterocycles. The minimum Gasteiger partial charge on any atom is -0.349 e. The number of carbonyl (C=O) groups excluding carboxylic acids is 1. The maximum absolute atomic E-state index is 12.8. The molecule has 0 radical (unpaired) electrons. The third-order valence-electron chi connectivity index (χ3n) is 2.66. The second-order valence-electron chi connectivity index (χ2n) is 4.21. The van der Waals surface area contributed by atoms with E-state index in [9.17, 15) is 9.18 Å². The van der Waals surface area contributed by atoms with E-state index in [0.717, 1.165) is 5.56 Å². The third-order valence-corrected chi connectivity index (χ3v) is 3.67. The topological polar surface area (TPSA) is 72.7 Å². The fourth-order valence-electron chi connectivity index (χ4n) is 1.59. The van der Waals surface area contributed by atoms with Gasteiger partial charge < -0.3 is 5.32 Å². The van der Waals surface area contributed by atoms with Gasteiger partial charge in [0.1, 0.15) is 5.82 Å². The minimum atomic E-state index is -0.294. The quantitative estimate of drug-likeness (QED) is 0.842. The number of aryl methyl sites for hydroxylation is 1. The van der Waals surface area contributed by atoms with Gasteiger partial charge in [-0.25, -0.2) is 9.07 Å². The summed E-state index contributed by atoms with van der Waals surface area (Å²) in [6.07, 6.45) is 0. The van der Waals surface area contributed by atoms with Crippen LogP contribution < -0.4 is 5.32 Å². The molecule has 0 aliphatic heterocycles. The molecule has 1 aromatic heterocycles. The Morgan fingerprint density at radius 3 is 2.75 bits per heavy atom. The van der Waals surface area contributed by atoms with Crippen molar-refractivity contribution in [1.29, 1.82) is 0 Å². The Labute approximate surface area is 119 Å². The number of hydrogen-bond acceptors (Lipinski definition) is 5. The second-order valence-corrected chi connectivity index (χ2v) is 5.16. The predicted octanol–water partition coefficient (Wildman–Crippen LogP) is 1.32. The summed E-state index contributed by atoms with van der Waals surface area (Å²) < 4.78 is 14.3. The Hall–Kier alpha value is -1.96. The summed E-state index contributed by atoms with van der Waals surface area (Å²) in [7, 11) is 1.71. The van der Waals surface area contributed by atoms with E-state index in [1.165, 1.54) is 28.6 Å². The van der Waals surface area contributed by atoms with Crippen LogP contribution in [0.3, 0.4) is 0 Å². The molecule has 1 N–H and O–H groups in total. The SMILES string of the molecule is CC(NC(=O)CSc1nnnn1C)c1ccc(F)cc1. The Morgan fingerprint density at radius 1 is 1.45 bits per heavy atom. The first kappa shape index (κ1) is 14.4.